The zero-order valence-corrected chi connectivity index (χ0v) is 18.5. The molecular formula is C22H32N2O4S. The van der Waals surface area contributed by atoms with E-state index in [0.717, 1.165) is 16.8 Å². The van der Waals surface area contributed by atoms with E-state index in [4.69, 9.17) is 9.47 Å². The topological polar surface area (TPSA) is 76.7 Å². The molecule has 1 aliphatic rings. The third-order valence-corrected chi connectivity index (χ3v) is 6.27. The number of thioether (sulfide) groups is 1. The average Bonchev–Trinajstić information content (AvgIpc) is 3.12. The summed E-state index contributed by atoms with van der Waals surface area (Å²) in [6.07, 6.45) is 1.81. The molecule has 160 valence electrons. The quantitative estimate of drug-likeness (QED) is 0.305. The fourth-order valence-corrected chi connectivity index (χ4v) is 4.54. The molecule has 1 unspecified atom stereocenters. The van der Waals surface area contributed by atoms with Gasteiger partial charge in [0, 0.05) is 30.7 Å². The Bertz CT molecular complexity index is 693. The number of esters is 1. The summed E-state index contributed by atoms with van der Waals surface area (Å²) in [5.74, 6) is 0.0807. The Balaban J connectivity index is 1.93. The first-order chi connectivity index (χ1) is 13.9. The maximum Gasteiger partial charge on any atom is 0.303 e. The van der Waals surface area contributed by atoms with Gasteiger partial charge in [-0.1, -0.05) is 55.9 Å². The zero-order chi connectivity index (χ0) is 21.2. The van der Waals surface area contributed by atoms with E-state index in [9.17, 15) is 9.59 Å². The van der Waals surface area contributed by atoms with Gasteiger partial charge in [0.1, 0.15) is 11.5 Å². The Morgan fingerprint density at radius 1 is 1.31 bits per heavy atom. The molecule has 0 saturated carbocycles. The average molecular weight is 421 g/mol. The smallest absolute Gasteiger partial charge is 0.303 e. The number of carbonyl (C=O) groups is 2. The van der Waals surface area contributed by atoms with Gasteiger partial charge in [0.05, 0.1) is 18.9 Å². The molecule has 0 amide bonds. The van der Waals surface area contributed by atoms with Gasteiger partial charge in [0.15, 0.2) is 6.29 Å². The summed E-state index contributed by atoms with van der Waals surface area (Å²) >= 11 is 1.56. The zero-order valence-electron chi connectivity index (χ0n) is 17.6. The van der Waals surface area contributed by atoms with Crippen LogP contribution in [-0.2, 0) is 25.7 Å². The fraction of sp³-hybridized carbons (Fsp3) is 0.545. The van der Waals surface area contributed by atoms with E-state index in [-0.39, 0.29) is 23.5 Å². The summed E-state index contributed by atoms with van der Waals surface area (Å²) in [6, 6.07) is 10.2. The monoisotopic (exact) mass is 420 g/mol. The summed E-state index contributed by atoms with van der Waals surface area (Å²) < 4.78 is 11.4. The molecule has 1 aromatic carbocycles. The lowest BCUT2D eigenvalue weighted by atomic mass is 9.98. The van der Waals surface area contributed by atoms with Crippen molar-refractivity contribution in [2.75, 3.05) is 13.7 Å². The van der Waals surface area contributed by atoms with Crippen LogP contribution in [0.1, 0.15) is 39.2 Å². The minimum atomic E-state index is -0.338. The summed E-state index contributed by atoms with van der Waals surface area (Å²) in [6.45, 7) is 6.74. The summed E-state index contributed by atoms with van der Waals surface area (Å²) in [5, 5.41) is 6.35. The van der Waals surface area contributed by atoms with Gasteiger partial charge in [-0.15, -0.1) is 0 Å². The highest BCUT2D eigenvalue weighted by atomic mass is 32.2. The van der Waals surface area contributed by atoms with Crippen molar-refractivity contribution in [1.29, 1.82) is 0 Å². The van der Waals surface area contributed by atoms with Crippen molar-refractivity contribution < 1.29 is 19.1 Å². The van der Waals surface area contributed by atoms with Gasteiger partial charge in [0.2, 0.25) is 0 Å². The summed E-state index contributed by atoms with van der Waals surface area (Å²) in [5.41, 5.74) is 1.68. The van der Waals surface area contributed by atoms with Crippen molar-refractivity contribution in [3.63, 3.8) is 0 Å². The summed E-state index contributed by atoms with van der Waals surface area (Å²) in [7, 11) is 1.91. The predicted octanol–water partition coefficient (Wildman–Crippen LogP) is 3.23. The van der Waals surface area contributed by atoms with Gasteiger partial charge in [-0.25, -0.2) is 0 Å². The SMILES string of the molecule is CN[C@H](C[C@@H](OC(C)=O)C1NC(C=O)=C(CCOCc2ccccc2)S1)C(C)C. The van der Waals surface area contributed by atoms with Gasteiger partial charge in [-0.05, 0) is 18.5 Å². The molecule has 2 rings (SSSR count). The maximum absolute atomic E-state index is 11.6. The van der Waals surface area contributed by atoms with Crippen LogP contribution in [0, 0.1) is 5.92 Å². The van der Waals surface area contributed by atoms with E-state index in [0.29, 0.717) is 37.7 Å². The Morgan fingerprint density at radius 3 is 2.62 bits per heavy atom. The van der Waals surface area contributed by atoms with Crippen LogP contribution in [-0.4, -0.2) is 43.4 Å². The Hall–Kier alpha value is -1.83. The van der Waals surface area contributed by atoms with Crippen molar-refractivity contribution >= 4 is 24.0 Å². The molecule has 1 heterocycles. The second kappa shape index (κ2) is 12.0. The normalized spacial score (nSPS) is 18.4. The Kier molecular flexibility index (Phi) is 9.70. The molecule has 2 N–H and O–H groups in total. The van der Waals surface area contributed by atoms with E-state index < -0.39 is 0 Å². The van der Waals surface area contributed by atoms with Gasteiger partial charge < -0.3 is 20.1 Å². The van der Waals surface area contributed by atoms with Crippen LogP contribution in [0.3, 0.4) is 0 Å². The van der Waals surface area contributed by atoms with Crippen LogP contribution in [0.2, 0.25) is 0 Å². The lowest BCUT2D eigenvalue weighted by molar-refractivity contribution is -0.147. The third-order valence-electron chi connectivity index (χ3n) is 4.89. The van der Waals surface area contributed by atoms with Gasteiger partial charge in [-0.2, -0.15) is 0 Å². The number of hydrogen-bond acceptors (Lipinski definition) is 7. The van der Waals surface area contributed by atoms with Gasteiger partial charge in [0.25, 0.3) is 0 Å². The van der Waals surface area contributed by atoms with Crippen LogP contribution in [0.15, 0.2) is 40.9 Å². The number of benzene rings is 1. The van der Waals surface area contributed by atoms with E-state index in [1.807, 2.05) is 37.4 Å². The minimum Gasteiger partial charge on any atom is -0.459 e. The predicted molar refractivity (Wildman–Crippen MR) is 116 cm³/mol. The molecule has 0 aromatic heterocycles. The first-order valence-electron chi connectivity index (χ1n) is 10.0. The number of carbonyl (C=O) groups excluding carboxylic acids is 2. The van der Waals surface area contributed by atoms with Gasteiger partial charge >= 0.3 is 5.97 Å². The van der Waals surface area contributed by atoms with Crippen molar-refractivity contribution in [3.05, 3.63) is 46.5 Å². The molecule has 0 radical (unpaired) electrons. The lowest BCUT2D eigenvalue weighted by Crippen LogP contribution is -2.43. The lowest BCUT2D eigenvalue weighted by Gasteiger charge is -2.29. The van der Waals surface area contributed by atoms with Crippen LogP contribution in [0.25, 0.3) is 0 Å². The first kappa shape index (κ1) is 23.4. The molecule has 0 bridgehead atoms. The molecule has 1 aliphatic heterocycles. The Morgan fingerprint density at radius 2 is 2.03 bits per heavy atom. The molecule has 6 nitrogen and oxygen atoms in total. The Labute approximate surface area is 177 Å². The molecule has 0 spiro atoms. The van der Waals surface area contributed by atoms with Crippen LogP contribution in [0.4, 0.5) is 0 Å². The second-order valence-electron chi connectivity index (χ2n) is 7.45. The van der Waals surface area contributed by atoms with E-state index in [1.165, 1.54) is 6.92 Å². The standard InChI is InChI=1S/C22H32N2O4S/c1-15(2)18(23-4)12-20(28-16(3)26)22-24-19(13-25)21(29-22)10-11-27-14-17-8-6-5-7-9-17/h5-9,13,15,18,20,22-24H,10-12,14H2,1-4H3/t18-,20-,22?/m1/s1. The molecule has 1 aromatic rings. The van der Waals surface area contributed by atoms with Crippen molar-refractivity contribution in [2.45, 2.75) is 57.7 Å². The number of allylic oxidation sites excluding steroid dienone is 1. The largest absolute Gasteiger partial charge is 0.459 e. The molecule has 0 saturated heterocycles. The highest BCUT2D eigenvalue weighted by Gasteiger charge is 2.34. The first-order valence-corrected chi connectivity index (χ1v) is 10.9. The van der Waals surface area contributed by atoms with Crippen LogP contribution >= 0.6 is 11.8 Å². The molecule has 0 fully saturated rings. The number of nitrogens with one attached hydrogen (secondary N) is 2. The molecule has 7 heteroatoms. The molecule has 3 atom stereocenters. The van der Waals surface area contributed by atoms with E-state index in [2.05, 4.69) is 24.5 Å². The molecule has 0 aliphatic carbocycles. The second-order valence-corrected chi connectivity index (χ2v) is 8.68. The third kappa shape index (κ3) is 7.49. The number of aldehydes is 1. The summed E-state index contributed by atoms with van der Waals surface area (Å²) in [4.78, 5) is 24.1. The van der Waals surface area contributed by atoms with Crippen LogP contribution < -0.4 is 10.6 Å². The fourth-order valence-electron chi connectivity index (χ4n) is 3.29. The van der Waals surface area contributed by atoms with Crippen LogP contribution in [0.5, 0.6) is 0 Å². The minimum absolute atomic E-state index is 0.183. The maximum atomic E-state index is 11.6. The van der Waals surface area contributed by atoms with Crippen molar-refractivity contribution in [2.24, 2.45) is 5.92 Å². The van der Waals surface area contributed by atoms with Crippen molar-refractivity contribution in [1.82, 2.24) is 10.6 Å². The van der Waals surface area contributed by atoms with E-state index in [1.54, 1.807) is 11.8 Å². The number of rotatable bonds is 12. The highest BCUT2D eigenvalue weighted by molar-refractivity contribution is 8.04. The van der Waals surface area contributed by atoms with E-state index >= 15 is 0 Å². The van der Waals surface area contributed by atoms with Gasteiger partial charge in [-0.3, -0.25) is 9.59 Å². The highest BCUT2D eigenvalue weighted by Crippen LogP contribution is 2.36. The number of ether oxygens (including phenoxy) is 2. The molecule has 29 heavy (non-hydrogen) atoms. The molecular weight excluding hydrogens is 388 g/mol. The van der Waals surface area contributed by atoms with Crippen molar-refractivity contribution in [3.8, 4) is 0 Å². The number of hydrogen-bond donors (Lipinski definition) is 2.